The lowest BCUT2D eigenvalue weighted by molar-refractivity contribution is -0.123. The van der Waals surface area contributed by atoms with Crippen molar-refractivity contribution in [2.24, 2.45) is 11.7 Å². The fourth-order valence-corrected chi connectivity index (χ4v) is 2.59. The zero-order valence-corrected chi connectivity index (χ0v) is 12.6. The molecule has 0 atom stereocenters. The highest BCUT2D eigenvalue weighted by Gasteiger charge is 2.22. The zero-order chi connectivity index (χ0) is 15.1. The molecule has 1 fully saturated rings. The molecule has 0 saturated carbocycles. The Labute approximate surface area is 126 Å². The van der Waals surface area contributed by atoms with Crippen molar-refractivity contribution in [2.75, 3.05) is 33.4 Å². The van der Waals surface area contributed by atoms with E-state index in [0.717, 1.165) is 50.4 Å². The van der Waals surface area contributed by atoms with Crippen molar-refractivity contribution >= 4 is 5.91 Å². The maximum absolute atomic E-state index is 11.1. The number of benzene rings is 1. The van der Waals surface area contributed by atoms with E-state index >= 15 is 0 Å². The Balaban J connectivity index is 1.60. The highest BCUT2D eigenvalue weighted by Crippen LogP contribution is 2.18. The van der Waals surface area contributed by atoms with Crippen molar-refractivity contribution in [1.29, 1.82) is 0 Å². The van der Waals surface area contributed by atoms with E-state index in [2.05, 4.69) is 4.90 Å². The Morgan fingerprint density at radius 3 is 2.43 bits per heavy atom. The monoisotopic (exact) mass is 292 g/mol. The molecule has 116 valence electrons. The van der Waals surface area contributed by atoms with Crippen molar-refractivity contribution in [2.45, 2.75) is 19.3 Å². The summed E-state index contributed by atoms with van der Waals surface area (Å²) in [6.07, 6.45) is 2.75. The maximum Gasteiger partial charge on any atom is 0.220 e. The van der Waals surface area contributed by atoms with E-state index in [9.17, 15) is 4.79 Å². The molecule has 5 nitrogen and oxygen atoms in total. The van der Waals surface area contributed by atoms with Crippen LogP contribution in [0.2, 0.25) is 0 Å². The number of carbonyl (C=O) groups excluding carboxylic acids is 1. The summed E-state index contributed by atoms with van der Waals surface area (Å²) in [4.78, 5) is 13.5. The number of nitrogens with zero attached hydrogens (tertiary/aromatic N) is 1. The predicted molar refractivity (Wildman–Crippen MR) is 81.5 cm³/mol. The fraction of sp³-hybridized carbons (Fsp3) is 0.562. The van der Waals surface area contributed by atoms with Gasteiger partial charge >= 0.3 is 0 Å². The average Bonchev–Trinajstić information content (AvgIpc) is 2.52. The van der Waals surface area contributed by atoms with E-state index in [1.165, 1.54) is 0 Å². The first kappa shape index (κ1) is 15.6. The topological polar surface area (TPSA) is 64.8 Å². The number of hydrogen-bond acceptors (Lipinski definition) is 4. The van der Waals surface area contributed by atoms with E-state index in [1.54, 1.807) is 7.11 Å². The smallest absolute Gasteiger partial charge is 0.220 e. The predicted octanol–water partition coefficient (Wildman–Crippen LogP) is 1.66. The van der Waals surface area contributed by atoms with Gasteiger partial charge in [-0.3, -0.25) is 4.79 Å². The van der Waals surface area contributed by atoms with Gasteiger partial charge in [0.25, 0.3) is 0 Å². The number of carbonyl (C=O) groups is 1. The van der Waals surface area contributed by atoms with Crippen LogP contribution in [0, 0.1) is 5.92 Å². The van der Waals surface area contributed by atoms with Gasteiger partial charge in [-0.2, -0.15) is 0 Å². The van der Waals surface area contributed by atoms with E-state index < -0.39 is 0 Å². The summed E-state index contributed by atoms with van der Waals surface area (Å²) in [6, 6.07) is 7.61. The third kappa shape index (κ3) is 4.93. The SMILES string of the molecule is COc1ccc(OCCCN2CCC(C(N)=O)CC2)cc1. The summed E-state index contributed by atoms with van der Waals surface area (Å²) in [5.41, 5.74) is 5.33. The molecule has 2 N–H and O–H groups in total. The van der Waals surface area contributed by atoms with Gasteiger partial charge in [0.15, 0.2) is 0 Å². The molecule has 0 aliphatic carbocycles. The number of hydrogen-bond donors (Lipinski definition) is 1. The molecule has 0 radical (unpaired) electrons. The molecule has 1 amide bonds. The zero-order valence-electron chi connectivity index (χ0n) is 12.6. The molecule has 0 bridgehead atoms. The van der Waals surface area contributed by atoms with Gasteiger partial charge in [-0.1, -0.05) is 0 Å². The molecule has 0 aromatic heterocycles. The van der Waals surface area contributed by atoms with Crippen LogP contribution in [-0.2, 0) is 4.79 Å². The molecule has 1 saturated heterocycles. The first-order valence-electron chi connectivity index (χ1n) is 7.47. The lowest BCUT2D eigenvalue weighted by atomic mass is 9.96. The molecular formula is C16H24N2O3. The van der Waals surface area contributed by atoms with Crippen LogP contribution in [0.25, 0.3) is 0 Å². The van der Waals surface area contributed by atoms with Crippen LogP contribution in [0.15, 0.2) is 24.3 Å². The molecule has 1 aromatic rings. The van der Waals surface area contributed by atoms with Crippen molar-refractivity contribution in [1.82, 2.24) is 4.90 Å². The molecule has 0 spiro atoms. The molecule has 1 aliphatic rings. The normalized spacial score (nSPS) is 16.6. The summed E-state index contributed by atoms with van der Waals surface area (Å²) < 4.78 is 10.8. The summed E-state index contributed by atoms with van der Waals surface area (Å²) >= 11 is 0. The maximum atomic E-state index is 11.1. The van der Waals surface area contributed by atoms with Gasteiger partial charge in [0.1, 0.15) is 11.5 Å². The molecular weight excluding hydrogens is 268 g/mol. The van der Waals surface area contributed by atoms with Crippen LogP contribution in [0.3, 0.4) is 0 Å². The van der Waals surface area contributed by atoms with Crippen LogP contribution < -0.4 is 15.2 Å². The Morgan fingerprint density at radius 1 is 1.24 bits per heavy atom. The molecule has 5 heteroatoms. The van der Waals surface area contributed by atoms with Gasteiger partial charge in [-0.25, -0.2) is 0 Å². The van der Waals surface area contributed by atoms with Gasteiger partial charge in [0.05, 0.1) is 13.7 Å². The Bertz CT molecular complexity index is 439. The van der Waals surface area contributed by atoms with Crippen molar-refractivity contribution < 1.29 is 14.3 Å². The lowest BCUT2D eigenvalue weighted by Crippen LogP contribution is -2.39. The van der Waals surface area contributed by atoms with Gasteiger partial charge in [-0.05, 0) is 56.6 Å². The minimum atomic E-state index is -0.155. The van der Waals surface area contributed by atoms with E-state index in [1.807, 2.05) is 24.3 Å². The number of rotatable bonds is 7. The van der Waals surface area contributed by atoms with Gasteiger partial charge in [0.2, 0.25) is 5.91 Å². The molecule has 1 aliphatic heterocycles. The second-order valence-corrected chi connectivity index (χ2v) is 5.40. The number of ether oxygens (including phenoxy) is 2. The van der Waals surface area contributed by atoms with E-state index in [4.69, 9.17) is 15.2 Å². The van der Waals surface area contributed by atoms with E-state index in [0.29, 0.717) is 6.61 Å². The fourth-order valence-electron chi connectivity index (χ4n) is 2.59. The van der Waals surface area contributed by atoms with Crippen LogP contribution in [0.4, 0.5) is 0 Å². The second-order valence-electron chi connectivity index (χ2n) is 5.40. The highest BCUT2D eigenvalue weighted by atomic mass is 16.5. The van der Waals surface area contributed by atoms with Gasteiger partial charge < -0.3 is 20.1 Å². The van der Waals surface area contributed by atoms with Crippen LogP contribution in [0.1, 0.15) is 19.3 Å². The average molecular weight is 292 g/mol. The quantitative estimate of drug-likeness (QED) is 0.776. The standard InChI is InChI=1S/C16H24N2O3/c1-20-14-3-5-15(6-4-14)21-12-2-9-18-10-7-13(8-11-18)16(17)19/h3-6,13H,2,7-12H2,1H3,(H2,17,19). The van der Waals surface area contributed by atoms with Crippen LogP contribution in [0.5, 0.6) is 11.5 Å². The molecule has 1 heterocycles. The van der Waals surface area contributed by atoms with Crippen molar-refractivity contribution in [3.63, 3.8) is 0 Å². The summed E-state index contributed by atoms with van der Waals surface area (Å²) in [7, 11) is 1.65. The number of likely N-dealkylation sites (tertiary alicyclic amines) is 1. The largest absolute Gasteiger partial charge is 0.497 e. The first-order chi connectivity index (χ1) is 10.2. The minimum absolute atomic E-state index is 0.0665. The van der Waals surface area contributed by atoms with Crippen molar-refractivity contribution in [3.8, 4) is 11.5 Å². The van der Waals surface area contributed by atoms with Crippen molar-refractivity contribution in [3.05, 3.63) is 24.3 Å². The molecule has 21 heavy (non-hydrogen) atoms. The Morgan fingerprint density at radius 2 is 1.86 bits per heavy atom. The Kier molecular flexibility index (Phi) is 5.87. The molecule has 2 rings (SSSR count). The number of methoxy groups -OCH3 is 1. The number of piperidine rings is 1. The van der Waals surface area contributed by atoms with Crippen LogP contribution in [-0.4, -0.2) is 44.2 Å². The summed E-state index contributed by atoms with van der Waals surface area (Å²) in [5.74, 6) is 1.61. The minimum Gasteiger partial charge on any atom is -0.497 e. The number of nitrogens with two attached hydrogens (primary N) is 1. The van der Waals surface area contributed by atoms with E-state index in [-0.39, 0.29) is 11.8 Å². The highest BCUT2D eigenvalue weighted by molar-refractivity contribution is 5.76. The summed E-state index contributed by atoms with van der Waals surface area (Å²) in [6.45, 7) is 3.61. The third-order valence-corrected chi connectivity index (χ3v) is 3.94. The summed E-state index contributed by atoms with van der Waals surface area (Å²) in [5, 5.41) is 0. The first-order valence-corrected chi connectivity index (χ1v) is 7.47. The van der Waals surface area contributed by atoms with Crippen LogP contribution >= 0.6 is 0 Å². The van der Waals surface area contributed by atoms with Gasteiger partial charge in [0, 0.05) is 12.5 Å². The Hall–Kier alpha value is -1.75. The molecule has 0 unspecified atom stereocenters. The third-order valence-electron chi connectivity index (χ3n) is 3.94. The lowest BCUT2D eigenvalue weighted by Gasteiger charge is -2.30. The second kappa shape index (κ2) is 7.88. The van der Waals surface area contributed by atoms with Gasteiger partial charge in [-0.15, -0.1) is 0 Å². The number of primary amides is 1. The number of amides is 1. The molecule has 1 aromatic carbocycles.